The number of rotatable bonds is 4. The number of carbonyl (C=O) groups is 1. The Morgan fingerprint density at radius 3 is 3.08 bits per heavy atom. The molecule has 0 aliphatic carbocycles. The molecule has 0 aliphatic heterocycles. The quantitative estimate of drug-likeness (QED) is 0.865. The van der Waals surface area contributed by atoms with Crippen LogP contribution in [0.15, 0.2) is 9.98 Å². The first-order valence-electron chi connectivity index (χ1n) is 3.84. The molecule has 0 saturated heterocycles. The van der Waals surface area contributed by atoms with E-state index in [-0.39, 0.29) is 5.91 Å². The van der Waals surface area contributed by atoms with Crippen LogP contribution in [0.4, 0.5) is 5.13 Å². The van der Waals surface area contributed by atoms with E-state index in [1.165, 1.54) is 11.3 Å². The summed E-state index contributed by atoms with van der Waals surface area (Å²) in [6.07, 6.45) is 1.66. The number of halogens is 1. The molecule has 1 aromatic rings. The zero-order valence-electron chi connectivity index (χ0n) is 7.13. The molecule has 0 bridgehead atoms. The van der Waals surface area contributed by atoms with E-state index in [2.05, 4.69) is 31.5 Å². The van der Waals surface area contributed by atoms with Crippen LogP contribution in [0.2, 0.25) is 0 Å². The molecule has 1 heterocycles. The molecule has 0 fully saturated rings. The molecule has 0 aromatic carbocycles. The maximum absolute atomic E-state index is 11.2. The fourth-order valence-electron chi connectivity index (χ4n) is 0.714. The van der Waals surface area contributed by atoms with Crippen molar-refractivity contribution in [3.8, 4) is 0 Å². The predicted octanol–water partition coefficient (Wildman–Crippen LogP) is 1.45. The van der Waals surface area contributed by atoms with Gasteiger partial charge in [-0.05, 0) is 22.5 Å². The van der Waals surface area contributed by atoms with Crippen molar-refractivity contribution in [1.29, 1.82) is 0 Å². The van der Waals surface area contributed by atoms with Gasteiger partial charge in [0.2, 0.25) is 5.91 Å². The molecule has 1 rings (SSSR count). The first-order valence-corrected chi connectivity index (χ1v) is 5.45. The van der Waals surface area contributed by atoms with Crippen molar-refractivity contribution < 1.29 is 4.79 Å². The van der Waals surface area contributed by atoms with Gasteiger partial charge in [0.05, 0.1) is 16.5 Å². The van der Waals surface area contributed by atoms with Gasteiger partial charge in [-0.2, -0.15) is 0 Å². The Morgan fingerprint density at radius 2 is 2.54 bits per heavy atom. The van der Waals surface area contributed by atoms with Gasteiger partial charge < -0.3 is 10.6 Å². The standard InChI is InChI=1S/C7H10BrN3OS/c1-2-9-4-6(12)11-7-10-3-5(8)13-7/h3,9H,2,4H2,1H3,(H,10,11,12). The molecule has 13 heavy (non-hydrogen) atoms. The third kappa shape index (κ3) is 3.84. The fraction of sp³-hybridized carbons (Fsp3) is 0.429. The smallest absolute Gasteiger partial charge is 0.240 e. The fourth-order valence-corrected chi connectivity index (χ4v) is 1.84. The van der Waals surface area contributed by atoms with Crippen LogP contribution in [0.25, 0.3) is 0 Å². The van der Waals surface area contributed by atoms with E-state index in [9.17, 15) is 4.79 Å². The Morgan fingerprint density at radius 1 is 1.77 bits per heavy atom. The Labute approximate surface area is 88.9 Å². The number of likely N-dealkylation sites (N-methyl/N-ethyl adjacent to an activating group) is 1. The van der Waals surface area contributed by atoms with Crippen molar-refractivity contribution in [2.24, 2.45) is 0 Å². The van der Waals surface area contributed by atoms with E-state index in [0.717, 1.165) is 10.3 Å². The van der Waals surface area contributed by atoms with E-state index in [4.69, 9.17) is 0 Å². The van der Waals surface area contributed by atoms with Gasteiger partial charge in [0.15, 0.2) is 5.13 Å². The summed E-state index contributed by atoms with van der Waals surface area (Å²) < 4.78 is 0.909. The zero-order valence-corrected chi connectivity index (χ0v) is 9.54. The van der Waals surface area contributed by atoms with E-state index in [1.807, 2.05) is 6.92 Å². The summed E-state index contributed by atoms with van der Waals surface area (Å²) in [6, 6.07) is 0. The number of aromatic nitrogens is 1. The second kappa shape index (κ2) is 5.31. The third-order valence-corrected chi connectivity index (χ3v) is 2.65. The minimum Gasteiger partial charge on any atom is -0.309 e. The van der Waals surface area contributed by atoms with Gasteiger partial charge in [0.25, 0.3) is 0 Å². The first kappa shape index (κ1) is 10.6. The van der Waals surface area contributed by atoms with E-state index in [1.54, 1.807) is 6.20 Å². The number of carbonyl (C=O) groups excluding carboxylic acids is 1. The highest BCUT2D eigenvalue weighted by atomic mass is 79.9. The van der Waals surface area contributed by atoms with Crippen molar-refractivity contribution in [2.75, 3.05) is 18.4 Å². The number of anilines is 1. The van der Waals surface area contributed by atoms with Crippen molar-refractivity contribution in [3.05, 3.63) is 9.98 Å². The average Bonchev–Trinajstić information content (AvgIpc) is 2.48. The first-order chi connectivity index (χ1) is 6.22. The molecule has 0 saturated carbocycles. The van der Waals surface area contributed by atoms with Gasteiger partial charge in [-0.15, -0.1) is 0 Å². The normalized spacial score (nSPS) is 10.0. The maximum Gasteiger partial charge on any atom is 0.240 e. The van der Waals surface area contributed by atoms with Crippen LogP contribution in [0.1, 0.15) is 6.92 Å². The van der Waals surface area contributed by atoms with Crippen molar-refractivity contribution in [1.82, 2.24) is 10.3 Å². The van der Waals surface area contributed by atoms with E-state index >= 15 is 0 Å². The van der Waals surface area contributed by atoms with Crippen molar-refractivity contribution in [2.45, 2.75) is 6.92 Å². The molecule has 0 atom stereocenters. The SMILES string of the molecule is CCNCC(=O)Nc1ncc(Br)s1. The second-order valence-corrected chi connectivity index (χ2v) is 4.71. The molecular weight excluding hydrogens is 254 g/mol. The lowest BCUT2D eigenvalue weighted by Gasteiger charge is -2.00. The number of hydrogen-bond acceptors (Lipinski definition) is 4. The number of nitrogens with one attached hydrogen (secondary N) is 2. The van der Waals surface area contributed by atoms with Crippen LogP contribution >= 0.6 is 27.3 Å². The summed E-state index contributed by atoms with van der Waals surface area (Å²) in [5.41, 5.74) is 0. The monoisotopic (exact) mass is 263 g/mol. The highest BCUT2D eigenvalue weighted by Crippen LogP contribution is 2.22. The Bertz CT molecular complexity index is 289. The number of amides is 1. The van der Waals surface area contributed by atoms with Crippen LogP contribution < -0.4 is 10.6 Å². The summed E-state index contributed by atoms with van der Waals surface area (Å²) in [5, 5.41) is 6.22. The van der Waals surface area contributed by atoms with Crippen LogP contribution in [0.5, 0.6) is 0 Å². The minimum absolute atomic E-state index is 0.0660. The number of thiazole rings is 1. The van der Waals surface area contributed by atoms with Gasteiger partial charge in [-0.25, -0.2) is 4.98 Å². The molecular formula is C7H10BrN3OS. The topological polar surface area (TPSA) is 54.0 Å². The van der Waals surface area contributed by atoms with Gasteiger partial charge in [-0.3, -0.25) is 4.79 Å². The minimum atomic E-state index is -0.0660. The van der Waals surface area contributed by atoms with Crippen molar-refractivity contribution >= 4 is 38.3 Å². The highest BCUT2D eigenvalue weighted by molar-refractivity contribution is 9.11. The van der Waals surface area contributed by atoms with Gasteiger partial charge in [-0.1, -0.05) is 18.3 Å². The molecule has 0 spiro atoms. The molecule has 72 valence electrons. The summed E-state index contributed by atoms with van der Waals surface area (Å²) >= 11 is 4.66. The number of nitrogens with zero attached hydrogens (tertiary/aromatic N) is 1. The van der Waals surface area contributed by atoms with Crippen LogP contribution in [-0.4, -0.2) is 24.0 Å². The molecule has 0 radical (unpaired) electrons. The largest absolute Gasteiger partial charge is 0.309 e. The Balaban J connectivity index is 2.36. The summed E-state index contributed by atoms with van der Waals surface area (Å²) in [5.74, 6) is -0.0660. The lowest BCUT2D eigenvalue weighted by molar-refractivity contribution is -0.115. The Kier molecular flexibility index (Phi) is 4.34. The average molecular weight is 264 g/mol. The molecule has 4 nitrogen and oxygen atoms in total. The van der Waals surface area contributed by atoms with Crippen molar-refractivity contribution in [3.63, 3.8) is 0 Å². The Hall–Kier alpha value is -0.460. The van der Waals surface area contributed by atoms with Gasteiger partial charge in [0, 0.05) is 0 Å². The third-order valence-electron chi connectivity index (χ3n) is 1.26. The van der Waals surface area contributed by atoms with Crippen LogP contribution in [-0.2, 0) is 4.79 Å². The van der Waals surface area contributed by atoms with E-state index in [0.29, 0.717) is 11.7 Å². The molecule has 2 N–H and O–H groups in total. The van der Waals surface area contributed by atoms with Gasteiger partial charge in [0.1, 0.15) is 0 Å². The van der Waals surface area contributed by atoms with Gasteiger partial charge >= 0.3 is 0 Å². The maximum atomic E-state index is 11.2. The lowest BCUT2D eigenvalue weighted by atomic mass is 10.5. The molecule has 1 aromatic heterocycles. The summed E-state index contributed by atoms with van der Waals surface area (Å²) in [4.78, 5) is 15.1. The van der Waals surface area contributed by atoms with E-state index < -0.39 is 0 Å². The summed E-state index contributed by atoms with van der Waals surface area (Å²) in [6.45, 7) is 3.07. The highest BCUT2D eigenvalue weighted by Gasteiger charge is 2.03. The predicted molar refractivity (Wildman–Crippen MR) is 57.0 cm³/mol. The van der Waals surface area contributed by atoms with Crippen LogP contribution in [0.3, 0.4) is 0 Å². The zero-order chi connectivity index (χ0) is 9.68. The summed E-state index contributed by atoms with van der Waals surface area (Å²) in [7, 11) is 0. The second-order valence-electron chi connectivity index (χ2n) is 2.30. The molecule has 1 amide bonds. The lowest BCUT2D eigenvalue weighted by Crippen LogP contribution is -2.27. The molecule has 0 unspecified atom stereocenters. The molecule has 6 heteroatoms. The number of hydrogen-bond donors (Lipinski definition) is 2. The van der Waals surface area contributed by atoms with Crippen LogP contribution in [0, 0.1) is 0 Å². The molecule has 0 aliphatic rings.